The van der Waals surface area contributed by atoms with Gasteiger partial charge in [-0.25, -0.2) is 0 Å². The molecule has 0 radical (unpaired) electrons. The van der Waals surface area contributed by atoms with Gasteiger partial charge in [0, 0.05) is 53.7 Å². The summed E-state index contributed by atoms with van der Waals surface area (Å²) in [6, 6.07) is 79.4. The van der Waals surface area contributed by atoms with Gasteiger partial charge in [0.05, 0.1) is 11.0 Å². The zero-order valence-electron chi connectivity index (χ0n) is 31.1. The maximum Gasteiger partial charge on any atom is 0.0562 e. The van der Waals surface area contributed by atoms with E-state index in [0.29, 0.717) is 0 Å². The fraction of sp³-hybridized carbons (Fsp3) is 0. The molecule has 0 bridgehead atoms. The number of aromatic nitrogens is 1. The van der Waals surface area contributed by atoms with E-state index in [-0.39, 0.29) is 0 Å². The first kappa shape index (κ1) is 33.2. The van der Waals surface area contributed by atoms with Crippen LogP contribution in [0.3, 0.4) is 0 Å². The van der Waals surface area contributed by atoms with Gasteiger partial charge in [-0.1, -0.05) is 158 Å². The Balaban J connectivity index is 1.13. The lowest BCUT2D eigenvalue weighted by atomic mass is 9.97. The lowest BCUT2D eigenvalue weighted by Crippen LogP contribution is -2.10. The molecule has 2 aromatic heterocycles. The van der Waals surface area contributed by atoms with Crippen LogP contribution in [0.2, 0.25) is 0 Å². The van der Waals surface area contributed by atoms with Crippen LogP contribution < -0.4 is 4.90 Å². The Morgan fingerprint density at radius 1 is 0.333 bits per heavy atom. The van der Waals surface area contributed by atoms with E-state index >= 15 is 0 Å². The molecule has 0 aliphatic rings. The summed E-state index contributed by atoms with van der Waals surface area (Å²) in [5, 5.41) is 5.07. The summed E-state index contributed by atoms with van der Waals surface area (Å²) in [6.45, 7) is 0. The predicted molar refractivity (Wildman–Crippen MR) is 245 cm³/mol. The number of nitrogens with zero attached hydrogens (tertiary/aromatic N) is 2. The molecule has 0 saturated heterocycles. The van der Waals surface area contributed by atoms with Gasteiger partial charge in [-0.3, -0.25) is 0 Å². The molecule has 57 heavy (non-hydrogen) atoms. The number of hydrogen-bond acceptors (Lipinski definition) is 2. The third-order valence-electron chi connectivity index (χ3n) is 11.2. The van der Waals surface area contributed by atoms with E-state index in [4.69, 9.17) is 0 Å². The fourth-order valence-electron chi connectivity index (χ4n) is 8.52. The lowest BCUT2D eigenvalue weighted by Gasteiger charge is -2.26. The predicted octanol–water partition coefficient (Wildman–Crippen LogP) is 15.6. The SMILES string of the molecule is c1ccc(-c2ccc(-c3cccc4c3c3ccc(N(c5cccc(-c6ccccc6)c5)c5ccc6c(c5)sc5ccccc56)cc3n4-c3ccccc3)cc2)cc1. The van der Waals surface area contributed by atoms with Gasteiger partial charge in [0.25, 0.3) is 0 Å². The molecular weight excluding hydrogens is 709 g/mol. The molecule has 0 N–H and O–H groups in total. The number of fused-ring (bicyclic) bond motifs is 6. The number of hydrogen-bond donors (Lipinski definition) is 0. The molecule has 0 saturated carbocycles. The summed E-state index contributed by atoms with van der Waals surface area (Å²) in [7, 11) is 0. The van der Waals surface area contributed by atoms with Crippen LogP contribution in [0.1, 0.15) is 0 Å². The Morgan fingerprint density at radius 3 is 1.67 bits per heavy atom. The van der Waals surface area contributed by atoms with Crippen molar-refractivity contribution in [2.75, 3.05) is 4.90 Å². The molecule has 0 spiro atoms. The highest BCUT2D eigenvalue weighted by Crippen LogP contribution is 2.45. The van der Waals surface area contributed by atoms with Crippen LogP contribution in [0.15, 0.2) is 218 Å². The molecular formula is C54H36N2S. The first-order valence-electron chi connectivity index (χ1n) is 19.4. The summed E-state index contributed by atoms with van der Waals surface area (Å²) in [6.07, 6.45) is 0. The van der Waals surface area contributed by atoms with Crippen LogP contribution in [0.4, 0.5) is 17.1 Å². The monoisotopic (exact) mass is 744 g/mol. The Morgan fingerprint density at radius 2 is 0.895 bits per heavy atom. The van der Waals surface area contributed by atoms with E-state index < -0.39 is 0 Å². The highest BCUT2D eigenvalue weighted by atomic mass is 32.1. The minimum absolute atomic E-state index is 1.10. The Kier molecular flexibility index (Phi) is 8.04. The Hall–Kier alpha value is -7.20. The smallest absolute Gasteiger partial charge is 0.0562 e. The number of anilines is 3. The van der Waals surface area contributed by atoms with Crippen molar-refractivity contribution >= 4 is 70.4 Å². The van der Waals surface area contributed by atoms with Gasteiger partial charge >= 0.3 is 0 Å². The minimum Gasteiger partial charge on any atom is -0.310 e. The van der Waals surface area contributed by atoms with Crippen LogP contribution in [0, 0.1) is 0 Å². The van der Waals surface area contributed by atoms with Gasteiger partial charge in [-0.05, 0) is 94.0 Å². The van der Waals surface area contributed by atoms with Crippen LogP contribution >= 0.6 is 11.3 Å². The summed E-state index contributed by atoms with van der Waals surface area (Å²) < 4.78 is 5.02. The quantitative estimate of drug-likeness (QED) is 0.158. The Bertz CT molecular complexity index is 3220. The second-order valence-electron chi connectivity index (χ2n) is 14.5. The molecule has 0 fully saturated rings. The van der Waals surface area contributed by atoms with Crippen molar-refractivity contribution in [3.8, 4) is 39.1 Å². The molecule has 0 aliphatic heterocycles. The molecule has 9 aromatic carbocycles. The first-order chi connectivity index (χ1) is 28.3. The maximum atomic E-state index is 2.43. The average Bonchev–Trinajstić information content (AvgIpc) is 3.83. The standard InChI is InChI=1S/C54H36N2S/c1-4-14-37(15-5-1)39-26-28-40(29-27-39)46-23-13-24-50-54(46)49-33-31-44(35-51(49)56(50)42-19-8-3-9-20-42)55(43-21-12-18-41(34-43)38-16-6-2-7-17-38)45-30-32-48-47-22-10-11-25-52(47)57-53(48)36-45/h1-36H. The largest absolute Gasteiger partial charge is 0.310 e. The van der Waals surface area contributed by atoms with Crippen molar-refractivity contribution in [1.82, 2.24) is 4.57 Å². The zero-order chi connectivity index (χ0) is 37.7. The lowest BCUT2D eigenvalue weighted by molar-refractivity contribution is 1.18. The van der Waals surface area contributed by atoms with Gasteiger partial charge < -0.3 is 9.47 Å². The van der Waals surface area contributed by atoms with Crippen LogP contribution in [0.5, 0.6) is 0 Å². The fourth-order valence-corrected chi connectivity index (χ4v) is 9.66. The van der Waals surface area contributed by atoms with E-state index in [1.54, 1.807) is 0 Å². The van der Waals surface area contributed by atoms with Gasteiger partial charge in [0.1, 0.15) is 0 Å². The third-order valence-corrected chi connectivity index (χ3v) is 12.3. The zero-order valence-corrected chi connectivity index (χ0v) is 31.9. The highest BCUT2D eigenvalue weighted by molar-refractivity contribution is 7.25. The topological polar surface area (TPSA) is 8.17 Å². The van der Waals surface area contributed by atoms with Crippen LogP contribution in [-0.4, -0.2) is 4.57 Å². The van der Waals surface area contributed by atoms with Crippen molar-refractivity contribution < 1.29 is 0 Å². The van der Waals surface area contributed by atoms with Crippen molar-refractivity contribution in [3.05, 3.63) is 218 Å². The van der Waals surface area contributed by atoms with Crippen molar-refractivity contribution in [3.63, 3.8) is 0 Å². The van der Waals surface area contributed by atoms with E-state index in [9.17, 15) is 0 Å². The summed E-state index contributed by atoms with van der Waals surface area (Å²) >= 11 is 1.86. The summed E-state index contributed by atoms with van der Waals surface area (Å²) in [5.41, 5.74) is 14.1. The molecule has 0 aliphatic carbocycles. The molecule has 11 aromatic rings. The van der Waals surface area contributed by atoms with E-state index in [1.165, 1.54) is 69.8 Å². The van der Waals surface area contributed by atoms with Gasteiger partial charge in [-0.15, -0.1) is 11.3 Å². The third kappa shape index (κ3) is 5.80. The molecule has 268 valence electrons. The second kappa shape index (κ2) is 13.8. The van der Waals surface area contributed by atoms with Gasteiger partial charge in [-0.2, -0.15) is 0 Å². The molecule has 11 rings (SSSR count). The summed E-state index contributed by atoms with van der Waals surface area (Å²) in [4.78, 5) is 2.42. The number of rotatable bonds is 7. The van der Waals surface area contributed by atoms with E-state index in [1.807, 2.05) is 11.3 Å². The summed E-state index contributed by atoms with van der Waals surface area (Å²) in [5.74, 6) is 0. The first-order valence-corrected chi connectivity index (χ1v) is 20.2. The highest BCUT2D eigenvalue weighted by Gasteiger charge is 2.21. The van der Waals surface area contributed by atoms with E-state index in [2.05, 4.69) is 228 Å². The molecule has 2 heterocycles. The van der Waals surface area contributed by atoms with Crippen LogP contribution in [-0.2, 0) is 0 Å². The Labute approximate surface area is 335 Å². The van der Waals surface area contributed by atoms with Crippen LogP contribution in [0.25, 0.3) is 81.0 Å². The van der Waals surface area contributed by atoms with E-state index in [0.717, 1.165) is 28.3 Å². The normalized spacial score (nSPS) is 11.5. The molecule has 2 nitrogen and oxygen atoms in total. The molecule has 3 heteroatoms. The maximum absolute atomic E-state index is 2.43. The number of benzene rings is 9. The number of thiophene rings is 1. The molecule has 0 unspecified atom stereocenters. The second-order valence-corrected chi connectivity index (χ2v) is 15.6. The van der Waals surface area contributed by atoms with Gasteiger partial charge in [0.15, 0.2) is 0 Å². The van der Waals surface area contributed by atoms with Crippen molar-refractivity contribution in [2.45, 2.75) is 0 Å². The number of para-hydroxylation sites is 1. The molecule has 0 amide bonds. The molecule has 0 atom stereocenters. The minimum atomic E-state index is 1.10. The van der Waals surface area contributed by atoms with Crippen molar-refractivity contribution in [1.29, 1.82) is 0 Å². The van der Waals surface area contributed by atoms with Gasteiger partial charge in [0.2, 0.25) is 0 Å². The average molecular weight is 745 g/mol. The van der Waals surface area contributed by atoms with Crippen molar-refractivity contribution in [2.24, 2.45) is 0 Å².